The average molecular weight is 569 g/mol. The van der Waals surface area contributed by atoms with Crippen LogP contribution < -0.4 is 0 Å². The van der Waals surface area contributed by atoms with Crippen molar-refractivity contribution in [2.45, 2.75) is 54.9 Å². The minimum atomic E-state index is -1.86. The van der Waals surface area contributed by atoms with Crippen LogP contribution in [0.2, 0.25) is 0 Å². The average Bonchev–Trinajstić information content (AvgIpc) is 2.97. The zero-order valence-corrected chi connectivity index (χ0v) is 20.3. The minimum Gasteiger partial charge on any atom is -0.394 e. The predicted molar refractivity (Wildman–Crippen MR) is 123 cm³/mol. The van der Waals surface area contributed by atoms with Crippen molar-refractivity contribution in [1.82, 2.24) is 0 Å². The van der Waals surface area contributed by atoms with Gasteiger partial charge in [-0.1, -0.05) is 0 Å². The molecule has 0 saturated carbocycles. The summed E-state index contributed by atoms with van der Waals surface area (Å²) in [6, 6.07) is 0. The van der Waals surface area contributed by atoms with E-state index in [1.807, 2.05) is 0 Å². The normalized spacial score (nSPS) is 17.6. The third-order valence-electron chi connectivity index (χ3n) is 4.17. The quantitative estimate of drug-likeness (QED) is 0.0815. The zero-order chi connectivity index (χ0) is 31.2. The van der Waals surface area contributed by atoms with Crippen molar-refractivity contribution in [3.63, 3.8) is 0 Å². The fourth-order valence-corrected chi connectivity index (χ4v) is 1.81. The number of carbonyl (C=O) groups excluding carboxylic acids is 3. The smallest absolute Gasteiger partial charge is 0.189 e. The second-order valence-electron chi connectivity index (χ2n) is 6.93. The van der Waals surface area contributed by atoms with Gasteiger partial charge in [0.05, 0.1) is 19.8 Å². The van der Waals surface area contributed by atoms with Crippen molar-refractivity contribution in [2.24, 2.45) is 0 Å². The Hall–Kier alpha value is -1.85. The lowest BCUT2D eigenvalue weighted by Crippen LogP contribution is -2.44. The first kappa shape index (κ1) is 43.2. The van der Waals surface area contributed by atoms with E-state index in [2.05, 4.69) is 13.2 Å². The molecule has 0 aromatic carbocycles. The molecule has 9 atom stereocenters. The molecule has 228 valence electrons. The molecule has 0 spiro atoms. The molecule has 0 radical (unpaired) electrons. The summed E-state index contributed by atoms with van der Waals surface area (Å²) in [5, 5.41) is 129. The number of rotatable bonds is 15. The highest BCUT2D eigenvalue weighted by Crippen LogP contribution is 2.02. The first-order valence-electron chi connectivity index (χ1n) is 10.5. The number of aliphatic hydroxyl groups is 15. The molecule has 0 aliphatic heterocycles. The third kappa shape index (κ3) is 17.6. The van der Waals surface area contributed by atoms with Gasteiger partial charge in [0.2, 0.25) is 0 Å². The van der Waals surface area contributed by atoms with Gasteiger partial charge in [0.25, 0.3) is 0 Å². The molecule has 18 nitrogen and oxygen atoms in total. The standard InChI is InChI=1S/3C6H12O6.C2H4/c3*7-1-3(9)5(11)6(12)4(10)2-8;1-2/h3*3,5-9,11-12H,1-2H2;1-2H2/t3*3-,5+,6+;/m111./s1. The Morgan fingerprint density at radius 2 is 0.579 bits per heavy atom. The van der Waals surface area contributed by atoms with Crippen LogP contribution in [0.3, 0.4) is 0 Å². The maximum atomic E-state index is 10.5. The Balaban J connectivity index is -0.000000220. The van der Waals surface area contributed by atoms with Gasteiger partial charge in [-0.15, -0.1) is 13.2 Å². The van der Waals surface area contributed by atoms with E-state index in [4.69, 9.17) is 76.6 Å². The van der Waals surface area contributed by atoms with Crippen LogP contribution in [0.15, 0.2) is 13.2 Å². The Morgan fingerprint density at radius 1 is 0.421 bits per heavy atom. The molecule has 0 aromatic rings. The molecule has 0 fully saturated rings. The summed E-state index contributed by atoms with van der Waals surface area (Å²) < 4.78 is 0. The Kier molecular flexibility index (Phi) is 28.9. The van der Waals surface area contributed by atoms with Gasteiger partial charge < -0.3 is 76.6 Å². The van der Waals surface area contributed by atoms with Crippen molar-refractivity contribution in [3.8, 4) is 0 Å². The van der Waals surface area contributed by atoms with E-state index in [1.165, 1.54) is 0 Å². The van der Waals surface area contributed by atoms with Gasteiger partial charge in [-0.25, -0.2) is 0 Å². The minimum absolute atomic E-state index is 0.767. The van der Waals surface area contributed by atoms with Gasteiger partial charge in [0.1, 0.15) is 74.8 Å². The summed E-state index contributed by atoms with van der Waals surface area (Å²) in [6.45, 7) is 0.938. The van der Waals surface area contributed by atoms with E-state index in [0.29, 0.717) is 0 Å². The number of hydrogen-bond acceptors (Lipinski definition) is 18. The maximum absolute atomic E-state index is 10.5. The van der Waals surface area contributed by atoms with Crippen LogP contribution in [0.5, 0.6) is 0 Å². The maximum Gasteiger partial charge on any atom is 0.189 e. The summed E-state index contributed by atoms with van der Waals surface area (Å²) >= 11 is 0. The van der Waals surface area contributed by atoms with E-state index in [0.717, 1.165) is 0 Å². The molecular weight excluding hydrogens is 528 g/mol. The number of Topliss-reactive ketones (excluding diaryl/α,β-unsaturated/α-hetero) is 3. The molecule has 0 rings (SSSR count). The summed E-state index contributed by atoms with van der Waals surface area (Å²) in [5.74, 6) is -3.01. The van der Waals surface area contributed by atoms with Gasteiger partial charge in [-0.05, 0) is 0 Å². The van der Waals surface area contributed by atoms with Gasteiger partial charge in [0.15, 0.2) is 17.3 Å². The molecule has 0 aliphatic carbocycles. The fourth-order valence-electron chi connectivity index (χ4n) is 1.81. The van der Waals surface area contributed by atoms with Crippen LogP contribution in [0.1, 0.15) is 0 Å². The second kappa shape index (κ2) is 25.4. The summed E-state index contributed by atoms with van der Waals surface area (Å²) in [6.07, 6.45) is -15.7. The van der Waals surface area contributed by atoms with Gasteiger partial charge in [0, 0.05) is 0 Å². The van der Waals surface area contributed by atoms with E-state index < -0.39 is 112 Å². The molecule has 0 saturated heterocycles. The molecule has 0 aromatic heterocycles. The van der Waals surface area contributed by atoms with Crippen molar-refractivity contribution in [3.05, 3.63) is 13.2 Å². The second-order valence-corrected chi connectivity index (χ2v) is 6.93. The zero-order valence-electron chi connectivity index (χ0n) is 20.3. The highest BCUT2D eigenvalue weighted by Gasteiger charge is 2.30. The summed E-state index contributed by atoms with van der Waals surface area (Å²) in [4.78, 5) is 31.6. The van der Waals surface area contributed by atoms with Gasteiger partial charge >= 0.3 is 0 Å². The summed E-state index contributed by atoms with van der Waals surface area (Å²) in [7, 11) is 0. The Labute approximate surface area is 216 Å². The molecule has 15 N–H and O–H groups in total. The van der Waals surface area contributed by atoms with Crippen LogP contribution in [-0.4, -0.2) is 189 Å². The monoisotopic (exact) mass is 568 g/mol. The van der Waals surface area contributed by atoms with Crippen LogP contribution in [0.25, 0.3) is 0 Å². The predicted octanol–water partition coefficient (Wildman–Crippen LogP) is -9.33. The molecule has 0 heterocycles. The topological polar surface area (TPSA) is 355 Å². The lowest BCUT2D eigenvalue weighted by atomic mass is 10.1. The lowest BCUT2D eigenvalue weighted by molar-refractivity contribution is -0.143. The first-order chi connectivity index (χ1) is 17.6. The number of ketones is 3. The van der Waals surface area contributed by atoms with E-state index in [1.54, 1.807) is 0 Å². The van der Waals surface area contributed by atoms with Crippen LogP contribution in [0, 0.1) is 0 Å². The van der Waals surface area contributed by atoms with Crippen molar-refractivity contribution in [1.29, 1.82) is 0 Å². The lowest BCUT2D eigenvalue weighted by Gasteiger charge is -2.19. The van der Waals surface area contributed by atoms with Crippen molar-refractivity contribution < 1.29 is 91.0 Å². The number of carbonyl (C=O) groups is 3. The first-order valence-corrected chi connectivity index (χ1v) is 10.5. The van der Waals surface area contributed by atoms with E-state index in [-0.39, 0.29) is 0 Å². The molecule has 18 heteroatoms. The van der Waals surface area contributed by atoms with E-state index >= 15 is 0 Å². The van der Waals surface area contributed by atoms with Crippen LogP contribution in [-0.2, 0) is 14.4 Å². The highest BCUT2D eigenvalue weighted by atomic mass is 16.4. The Morgan fingerprint density at radius 3 is 0.684 bits per heavy atom. The van der Waals surface area contributed by atoms with Gasteiger partial charge in [-0.2, -0.15) is 0 Å². The molecular formula is C20H40O18. The number of hydrogen-bond donors (Lipinski definition) is 15. The van der Waals surface area contributed by atoms with E-state index in [9.17, 15) is 14.4 Å². The molecule has 38 heavy (non-hydrogen) atoms. The van der Waals surface area contributed by atoms with Crippen molar-refractivity contribution in [2.75, 3.05) is 39.6 Å². The molecule has 0 aliphatic rings. The van der Waals surface area contributed by atoms with Crippen LogP contribution in [0.4, 0.5) is 0 Å². The third-order valence-corrected chi connectivity index (χ3v) is 4.17. The summed E-state index contributed by atoms with van der Waals surface area (Å²) in [5.41, 5.74) is 0. The Bertz CT molecular complexity index is 538. The van der Waals surface area contributed by atoms with Crippen molar-refractivity contribution >= 4 is 17.3 Å². The SMILES string of the molecule is C=C.O=C(CO)[C@H](O)[C@@H](O)[C@H](O)CO.O=C(CO)[C@H](O)[C@@H](O)[C@H](O)CO.O=C(CO)[C@H](O)[C@@H](O)[C@H](O)CO. The largest absolute Gasteiger partial charge is 0.394 e. The molecule has 0 unspecified atom stereocenters. The number of aliphatic hydroxyl groups excluding tert-OH is 15. The van der Waals surface area contributed by atoms with Crippen LogP contribution >= 0.6 is 0 Å². The van der Waals surface area contributed by atoms with Gasteiger partial charge in [-0.3, -0.25) is 14.4 Å². The molecule has 0 bridgehead atoms. The highest BCUT2D eigenvalue weighted by molar-refractivity contribution is 5.85. The fraction of sp³-hybridized carbons (Fsp3) is 0.750. The molecule has 0 amide bonds.